The summed E-state index contributed by atoms with van der Waals surface area (Å²) >= 11 is 0. The van der Waals surface area contributed by atoms with E-state index in [0.717, 1.165) is 4.90 Å². The first-order chi connectivity index (χ1) is 12.6. The summed E-state index contributed by atoms with van der Waals surface area (Å²) in [6.07, 6.45) is -5.32. The Balaban J connectivity index is 1.81. The zero-order valence-corrected chi connectivity index (χ0v) is 14.7. The van der Waals surface area contributed by atoms with Gasteiger partial charge in [0, 0.05) is 25.1 Å². The zero-order chi connectivity index (χ0) is 20.2. The van der Waals surface area contributed by atoms with E-state index >= 15 is 0 Å². The van der Waals surface area contributed by atoms with Gasteiger partial charge in [0.15, 0.2) is 11.2 Å². The van der Waals surface area contributed by atoms with Crippen LogP contribution in [0.5, 0.6) is 5.75 Å². The average Bonchev–Trinajstić information content (AvgIpc) is 3.06. The third-order valence-electron chi connectivity index (χ3n) is 4.64. The number of benzene rings is 1. The number of hydrogen-bond donors (Lipinski definition) is 1. The highest BCUT2D eigenvalue weighted by Gasteiger charge is 2.64. The van der Waals surface area contributed by atoms with Gasteiger partial charge >= 0.3 is 12.1 Å². The van der Waals surface area contributed by atoms with Gasteiger partial charge in [-0.25, -0.2) is 0 Å². The van der Waals surface area contributed by atoms with Gasteiger partial charge in [-0.2, -0.15) is 13.2 Å². The van der Waals surface area contributed by atoms with Gasteiger partial charge in [-0.05, 0) is 44.0 Å². The molecule has 1 aliphatic heterocycles. The van der Waals surface area contributed by atoms with Crippen molar-refractivity contribution >= 4 is 17.7 Å². The van der Waals surface area contributed by atoms with Crippen molar-refractivity contribution in [3.8, 4) is 5.75 Å². The fourth-order valence-corrected chi connectivity index (χ4v) is 2.91. The van der Waals surface area contributed by atoms with Crippen molar-refractivity contribution in [2.24, 2.45) is 5.41 Å². The molecule has 1 aromatic rings. The molecular weight excluding hydrogens is 367 g/mol. The molecule has 148 valence electrons. The summed E-state index contributed by atoms with van der Waals surface area (Å²) < 4.78 is 44.8. The van der Waals surface area contributed by atoms with E-state index in [2.05, 4.69) is 0 Å². The van der Waals surface area contributed by atoms with E-state index < -0.39 is 36.4 Å². The Morgan fingerprint density at radius 1 is 1.22 bits per heavy atom. The first kappa shape index (κ1) is 20.7. The molecule has 0 radical (unpaired) electrons. The Labute approximate surface area is 153 Å². The van der Waals surface area contributed by atoms with Crippen LogP contribution in [-0.2, 0) is 9.59 Å². The molecule has 0 aliphatic carbocycles. The van der Waals surface area contributed by atoms with Crippen LogP contribution in [0.2, 0.25) is 0 Å². The number of ketones is 1. The van der Waals surface area contributed by atoms with Crippen molar-refractivity contribution in [1.82, 2.24) is 4.90 Å². The summed E-state index contributed by atoms with van der Waals surface area (Å²) in [5.74, 6) is -2.05. The minimum absolute atomic E-state index is 0.0426. The molecule has 1 atom stereocenters. The minimum Gasteiger partial charge on any atom is -0.494 e. The summed E-state index contributed by atoms with van der Waals surface area (Å²) in [5.41, 5.74) is -2.35. The molecule has 0 bridgehead atoms. The van der Waals surface area contributed by atoms with Gasteiger partial charge in [0.25, 0.3) is 0 Å². The maximum Gasteiger partial charge on any atom is 0.406 e. The van der Waals surface area contributed by atoms with Crippen LogP contribution in [-0.4, -0.2) is 53.5 Å². The molecule has 0 saturated carbocycles. The molecule has 0 spiro atoms. The lowest BCUT2D eigenvalue weighted by atomic mass is 9.86. The smallest absolute Gasteiger partial charge is 0.406 e. The highest BCUT2D eigenvalue weighted by molar-refractivity contribution is 5.94. The molecule has 1 heterocycles. The summed E-state index contributed by atoms with van der Waals surface area (Å²) in [6.45, 7) is 0.510. The normalized spacial score (nSPS) is 19.8. The Hall–Kier alpha value is -2.58. The summed E-state index contributed by atoms with van der Waals surface area (Å²) in [7, 11) is 0. The Morgan fingerprint density at radius 2 is 1.85 bits per heavy atom. The second-order valence-electron chi connectivity index (χ2n) is 6.48. The Bertz CT molecular complexity index is 717. The number of carboxylic acids is 1. The van der Waals surface area contributed by atoms with Crippen LogP contribution in [0.15, 0.2) is 24.3 Å². The number of hydrogen-bond acceptors (Lipinski definition) is 4. The van der Waals surface area contributed by atoms with E-state index in [4.69, 9.17) is 9.84 Å². The van der Waals surface area contributed by atoms with Gasteiger partial charge in [0.05, 0.1) is 6.61 Å². The van der Waals surface area contributed by atoms with Gasteiger partial charge in [-0.3, -0.25) is 14.4 Å². The van der Waals surface area contributed by atoms with Gasteiger partial charge in [-0.1, -0.05) is 0 Å². The van der Waals surface area contributed by atoms with Crippen molar-refractivity contribution in [1.29, 1.82) is 0 Å². The lowest BCUT2D eigenvalue weighted by molar-refractivity contribution is -0.227. The second kappa shape index (κ2) is 7.98. The molecule has 1 unspecified atom stereocenters. The van der Waals surface area contributed by atoms with Crippen molar-refractivity contribution in [2.75, 3.05) is 19.7 Å². The molecule has 1 saturated heterocycles. The maximum atomic E-state index is 13.1. The first-order valence-electron chi connectivity index (χ1n) is 8.38. The number of rotatable bonds is 7. The van der Waals surface area contributed by atoms with E-state index in [1.807, 2.05) is 0 Å². The SMILES string of the molecule is CC(=O)c1ccc(OCCCC(=O)N2CCC(C(=O)O)(C(F)(F)F)C2)cc1. The predicted octanol–water partition coefficient (Wildman–Crippen LogP) is 2.91. The number of alkyl halides is 3. The molecule has 1 amide bonds. The molecule has 9 heteroatoms. The third-order valence-corrected chi connectivity index (χ3v) is 4.64. The quantitative estimate of drug-likeness (QED) is 0.575. The zero-order valence-electron chi connectivity index (χ0n) is 14.7. The largest absolute Gasteiger partial charge is 0.494 e. The number of carbonyl (C=O) groups excluding carboxylic acids is 2. The number of halogens is 3. The molecule has 1 fully saturated rings. The lowest BCUT2D eigenvalue weighted by Gasteiger charge is -2.27. The van der Waals surface area contributed by atoms with Crippen LogP contribution < -0.4 is 4.74 Å². The molecule has 2 rings (SSSR count). The van der Waals surface area contributed by atoms with E-state index in [-0.39, 0.29) is 31.8 Å². The van der Waals surface area contributed by atoms with Crippen LogP contribution in [0.1, 0.15) is 36.5 Å². The minimum atomic E-state index is -4.91. The van der Waals surface area contributed by atoms with Gasteiger partial charge < -0.3 is 14.7 Å². The van der Waals surface area contributed by atoms with Gasteiger partial charge in [-0.15, -0.1) is 0 Å². The van der Waals surface area contributed by atoms with Crippen LogP contribution in [0.4, 0.5) is 13.2 Å². The number of carboxylic acid groups (broad SMARTS) is 1. The third kappa shape index (κ3) is 4.58. The molecular formula is C18H20F3NO5. The van der Waals surface area contributed by atoms with E-state index in [9.17, 15) is 27.6 Å². The Morgan fingerprint density at radius 3 is 2.33 bits per heavy atom. The summed E-state index contributed by atoms with van der Waals surface area (Å²) in [4.78, 5) is 35.3. The van der Waals surface area contributed by atoms with Gasteiger partial charge in [0.2, 0.25) is 5.91 Å². The van der Waals surface area contributed by atoms with Crippen molar-refractivity contribution in [3.63, 3.8) is 0 Å². The fourth-order valence-electron chi connectivity index (χ4n) is 2.91. The van der Waals surface area contributed by atoms with Crippen LogP contribution >= 0.6 is 0 Å². The number of ether oxygens (including phenoxy) is 1. The molecule has 27 heavy (non-hydrogen) atoms. The summed E-state index contributed by atoms with van der Waals surface area (Å²) in [6, 6.07) is 6.44. The number of Topliss-reactive ketones (excluding diaryl/α,β-unsaturated/α-hetero) is 1. The van der Waals surface area contributed by atoms with Crippen molar-refractivity contribution < 1.29 is 37.4 Å². The average molecular weight is 387 g/mol. The highest BCUT2D eigenvalue weighted by Crippen LogP contribution is 2.45. The molecule has 1 aliphatic rings. The van der Waals surface area contributed by atoms with Crippen LogP contribution in [0, 0.1) is 5.41 Å². The molecule has 1 aromatic carbocycles. The van der Waals surface area contributed by atoms with Crippen molar-refractivity contribution in [2.45, 2.75) is 32.4 Å². The molecule has 0 aromatic heterocycles. The highest BCUT2D eigenvalue weighted by atomic mass is 19.4. The second-order valence-corrected chi connectivity index (χ2v) is 6.48. The molecule has 6 nitrogen and oxygen atoms in total. The first-order valence-corrected chi connectivity index (χ1v) is 8.38. The summed E-state index contributed by atoms with van der Waals surface area (Å²) in [5, 5.41) is 8.99. The van der Waals surface area contributed by atoms with Gasteiger partial charge in [0.1, 0.15) is 5.75 Å². The van der Waals surface area contributed by atoms with E-state index in [1.165, 1.54) is 6.92 Å². The van der Waals surface area contributed by atoms with Crippen LogP contribution in [0.3, 0.4) is 0 Å². The van der Waals surface area contributed by atoms with Crippen molar-refractivity contribution in [3.05, 3.63) is 29.8 Å². The lowest BCUT2D eigenvalue weighted by Crippen LogP contribution is -2.47. The fraction of sp³-hybridized carbons (Fsp3) is 0.500. The number of likely N-dealkylation sites (tertiary alicyclic amines) is 1. The predicted molar refractivity (Wildman–Crippen MR) is 88.5 cm³/mol. The van der Waals surface area contributed by atoms with E-state index in [1.54, 1.807) is 24.3 Å². The monoisotopic (exact) mass is 387 g/mol. The topological polar surface area (TPSA) is 83.9 Å². The number of aliphatic carboxylic acids is 1. The Kier molecular flexibility index (Phi) is 6.12. The number of nitrogens with zero attached hydrogens (tertiary/aromatic N) is 1. The van der Waals surface area contributed by atoms with Crippen LogP contribution in [0.25, 0.3) is 0 Å². The number of carbonyl (C=O) groups is 3. The molecule has 1 N–H and O–H groups in total. The number of amides is 1. The maximum absolute atomic E-state index is 13.1. The van der Waals surface area contributed by atoms with E-state index in [0.29, 0.717) is 11.3 Å². The standard InChI is InChI=1S/C18H20F3NO5/c1-12(23)13-4-6-14(7-5-13)27-10-2-3-15(24)22-9-8-17(11-22,16(25)26)18(19,20)21/h4-7H,2-3,8-11H2,1H3,(H,25,26).